The molecular formula is C13H17NO2Se. The summed E-state index contributed by atoms with van der Waals surface area (Å²) in [6, 6.07) is 4.01. The predicted molar refractivity (Wildman–Crippen MR) is 71.4 cm³/mol. The summed E-state index contributed by atoms with van der Waals surface area (Å²) in [5, 5.41) is 3.12. The van der Waals surface area contributed by atoms with Crippen LogP contribution in [0, 0.1) is 11.2 Å². The summed E-state index contributed by atoms with van der Waals surface area (Å²) in [6.45, 7) is 0.902. The second-order valence-electron chi connectivity index (χ2n) is 3.39. The van der Waals surface area contributed by atoms with Gasteiger partial charge in [-0.2, -0.15) is 0 Å². The van der Waals surface area contributed by atoms with Gasteiger partial charge in [0, 0.05) is 0 Å². The fourth-order valence-electron chi connectivity index (χ4n) is 1.53. The van der Waals surface area contributed by atoms with Crippen LogP contribution in [0.2, 0.25) is 0 Å². The van der Waals surface area contributed by atoms with E-state index in [9.17, 15) is 0 Å². The van der Waals surface area contributed by atoms with Crippen LogP contribution in [0.25, 0.3) is 0 Å². The van der Waals surface area contributed by atoms with E-state index < -0.39 is 0 Å². The topological polar surface area (TPSA) is 30.5 Å². The van der Waals surface area contributed by atoms with Gasteiger partial charge in [0.25, 0.3) is 0 Å². The Kier molecular flexibility index (Phi) is 5.93. The van der Waals surface area contributed by atoms with Crippen LogP contribution in [-0.4, -0.2) is 42.8 Å². The molecule has 0 fully saturated rings. The number of hydrogen-bond acceptors (Lipinski definition) is 3. The molecule has 1 rings (SSSR count). The van der Waals surface area contributed by atoms with E-state index in [1.807, 2.05) is 19.2 Å². The van der Waals surface area contributed by atoms with Gasteiger partial charge in [-0.3, -0.25) is 0 Å². The molecular weight excluding hydrogens is 281 g/mol. The Morgan fingerprint density at radius 3 is 2.53 bits per heavy atom. The molecule has 0 heterocycles. The Hall–Kier alpha value is -1.14. The van der Waals surface area contributed by atoms with Crippen molar-refractivity contribution in [3.05, 3.63) is 17.7 Å². The normalized spacial score (nSPS) is 9.76. The molecule has 1 aromatic carbocycles. The zero-order valence-electron chi connectivity index (χ0n) is 10.4. The quantitative estimate of drug-likeness (QED) is 0.609. The van der Waals surface area contributed by atoms with Gasteiger partial charge < -0.3 is 0 Å². The van der Waals surface area contributed by atoms with Gasteiger partial charge >= 0.3 is 109 Å². The average molecular weight is 298 g/mol. The molecule has 0 bridgehead atoms. The number of likely N-dealkylation sites (N-methyl/N-ethyl adjacent to an activating group) is 1. The summed E-state index contributed by atoms with van der Waals surface area (Å²) in [5.41, 5.74) is 1.13. The molecule has 0 amide bonds. The Morgan fingerprint density at radius 2 is 2.00 bits per heavy atom. The zero-order chi connectivity index (χ0) is 12.7. The third kappa shape index (κ3) is 3.67. The standard InChI is InChI=1S/C13H17NO2Se/c1-5-17-13-9-11(15-3)10(6-7-14-2)8-12(13)16-4/h1,8-9,14H,6-7H2,2-4H3. The Balaban J connectivity index is 3.09. The average Bonchev–Trinajstić information content (AvgIpc) is 2.36. The maximum absolute atomic E-state index is 5.39. The molecule has 1 aromatic rings. The summed E-state index contributed by atoms with van der Waals surface area (Å²) < 4.78 is 11.8. The molecule has 0 spiro atoms. The molecule has 0 aliphatic carbocycles. The van der Waals surface area contributed by atoms with Crippen molar-refractivity contribution in [1.82, 2.24) is 5.32 Å². The Morgan fingerprint density at radius 1 is 1.29 bits per heavy atom. The monoisotopic (exact) mass is 299 g/mol. The summed E-state index contributed by atoms with van der Waals surface area (Å²) in [7, 11) is 5.27. The summed E-state index contributed by atoms with van der Waals surface area (Å²) in [5.74, 6) is 1.74. The van der Waals surface area contributed by atoms with Crippen LogP contribution in [0.1, 0.15) is 5.56 Å². The SMILES string of the molecule is C#C[Se]c1cc(OC)c(CCNC)cc1OC. The summed E-state index contributed by atoms with van der Waals surface area (Å²) in [6.07, 6.45) is 6.27. The third-order valence-electron chi connectivity index (χ3n) is 2.38. The van der Waals surface area contributed by atoms with Crippen LogP contribution < -0.4 is 19.3 Å². The van der Waals surface area contributed by atoms with E-state index >= 15 is 0 Å². The van der Waals surface area contributed by atoms with Gasteiger partial charge in [-0.15, -0.1) is 0 Å². The van der Waals surface area contributed by atoms with Gasteiger partial charge in [-0.1, -0.05) is 0 Å². The molecule has 17 heavy (non-hydrogen) atoms. The number of terminal acetylenes is 1. The van der Waals surface area contributed by atoms with Crippen LogP contribution in [-0.2, 0) is 6.42 Å². The van der Waals surface area contributed by atoms with Crippen molar-refractivity contribution in [3.63, 3.8) is 0 Å². The number of nitrogens with one attached hydrogen (secondary N) is 1. The van der Waals surface area contributed by atoms with E-state index in [0.717, 1.165) is 34.5 Å². The van der Waals surface area contributed by atoms with Crippen molar-refractivity contribution in [3.8, 4) is 22.7 Å². The van der Waals surface area contributed by atoms with E-state index in [4.69, 9.17) is 15.9 Å². The second kappa shape index (κ2) is 7.24. The van der Waals surface area contributed by atoms with Crippen molar-refractivity contribution < 1.29 is 9.47 Å². The predicted octanol–water partition coefficient (Wildman–Crippen LogP) is 0.386. The maximum atomic E-state index is 5.39. The van der Waals surface area contributed by atoms with E-state index in [-0.39, 0.29) is 15.0 Å². The fourth-order valence-corrected chi connectivity index (χ4v) is 2.66. The van der Waals surface area contributed by atoms with Crippen molar-refractivity contribution in [1.29, 1.82) is 0 Å². The first-order chi connectivity index (χ1) is 8.26. The van der Waals surface area contributed by atoms with Gasteiger partial charge in [-0.05, 0) is 0 Å². The molecule has 3 nitrogen and oxygen atoms in total. The van der Waals surface area contributed by atoms with E-state index in [0.29, 0.717) is 0 Å². The van der Waals surface area contributed by atoms with Crippen molar-refractivity contribution in [2.75, 3.05) is 27.8 Å². The number of methoxy groups -OCH3 is 2. The second-order valence-corrected chi connectivity index (χ2v) is 5.23. The van der Waals surface area contributed by atoms with Crippen LogP contribution in [0.4, 0.5) is 0 Å². The molecule has 0 radical (unpaired) electrons. The molecule has 4 heteroatoms. The minimum atomic E-state index is -0.0137. The molecule has 0 saturated carbocycles. The fraction of sp³-hybridized carbons (Fsp3) is 0.385. The summed E-state index contributed by atoms with van der Waals surface area (Å²) >= 11 is -0.0137. The van der Waals surface area contributed by atoms with E-state index in [2.05, 4.69) is 10.1 Å². The number of benzene rings is 1. The molecule has 0 aromatic heterocycles. The van der Waals surface area contributed by atoms with Crippen LogP contribution in [0.15, 0.2) is 12.1 Å². The van der Waals surface area contributed by atoms with Crippen LogP contribution in [0.3, 0.4) is 0 Å². The van der Waals surface area contributed by atoms with Gasteiger partial charge in [0.2, 0.25) is 0 Å². The Bertz CT molecular complexity index is 413. The molecule has 0 atom stereocenters. The molecule has 0 unspecified atom stereocenters. The first-order valence-corrected chi connectivity index (χ1v) is 7.00. The first kappa shape index (κ1) is 13.9. The molecule has 1 N–H and O–H groups in total. The van der Waals surface area contributed by atoms with Gasteiger partial charge in [0.1, 0.15) is 0 Å². The molecule has 0 saturated heterocycles. The van der Waals surface area contributed by atoms with Gasteiger partial charge in [0.05, 0.1) is 0 Å². The number of ether oxygens (including phenoxy) is 2. The van der Waals surface area contributed by atoms with E-state index in [1.54, 1.807) is 14.2 Å². The van der Waals surface area contributed by atoms with Crippen molar-refractivity contribution in [2.24, 2.45) is 0 Å². The van der Waals surface area contributed by atoms with Crippen molar-refractivity contribution >= 4 is 19.4 Å². The minimum absolute atomic E-state index is 0.0137. The molecule has 0 aliphatic rings. The third-order valence-corrected chi connectivity index (χ3v) is 3.76. The Labute approximate surface area is 109 Å². The van der Waals surface area contributed by atoms with Gasteiger partial charge in [-0.25, -0.2) is 0 Å². The molecule has 92 valence electrons. The number of hydrogen-bond donors (Lipinski definition) is 1. The zero-order valence-corrected chi connectivity index (χ0v) is 12.1. The number of rotatable bonds is 6. The summed E-state index contributed by atoms with van der Waals surface area (Å²) in [4.78, 5) is 2.69. The van der Waals surface area contributed by atoms with E-state index in [1.165, 1.54) is 0 Å². The van der Waals surface area contributed by atoms with Gasteiger partial charge in [0.15, 0.2) is 0 Å². The molecule has 0 aliphatic heterocycles. The first-order valence-electron chi connectivity index (χ1n) is 5.28. The van der Waals surface area contributed by atoms with Crippen molar-refractivity contribution in [2.45, 2.75) is 6.42 Å². The van der Waals surface area contributed by atoms with Crippen LogP contribution >= 0.6 is 0 Å². The van der Waals surface area contributed by atoms with Crippen LogP contribution in [0.5, 0.6) is 11.5 Å².